The lowest BCUT2D eigenvalue weighted by Crippen LogP contribution is -2.40. The molecule has 0 saturated carbocycles. The molecule has 1 amide bonds. The number of carbonyl (C=O) groups excluding carboxylic acids is 1. The third kappa shape index (κ3) is 2.67. The lowest BCUT2D eigenvalue weighted by molar-refractivity contribution is -0.122. The second-order valence-corrected chi connectivity index (χ2v) is 4.96. The van der Waals surface area contributed by atoms with Crippen LogP contribution in [-0.4, -0.2) is 16.7 Å². The number of halogens is 1. The average Bonchev–Trinajstić information content (AvgIpc) is 2.49. The summed E-state index contributed by atoms with van der Waals surface area (Å²) >= 11 is 0. The molecule has 0 bridgehead atoms. The van der Waals surface area contributed by atoms with E-state index in [1.54, 1.807) is 31.5 Å². The van der Waals surface area contributed by atoms with Gasteiger partial charge in [-0.3, -0.25) is 14.8 Å². The van der Waals surface area contributed by atoms with Gasteiger partial charge in [-0.05, 0) is 42.3 Å². The molecule has 5 heteroatoms. The highest BCUT2D eigenvalue weighted by molar-refractivity contribution is 6.02. The van der Waals surface area contributed by atoms with Crippen LogP contribution in [0.15, 0.2) is 53.8 Å². The van der Waals surface area contributed by atoms with E-state index in [4.69, 9.17) is 0 Å². The molecule has 1 aliphatic heterocycles. The Morgan fingerprint density at radius 1 is 1.05 bits per heavy atom. The number of nitrogens with one attached hydrogen (secondary N) is 1. The Balaban J connectivity index is 2.06. The topological polar surface area (TPSA) is 54.4 Å². The van der Waals surface area contributed by atoms with E-state index in [1.165, 1.54) is 12.1 Å². The van der Waals surface area contributed by atoms with Crippen molar-refractivity contribution in [2.45, 2.75) is 18.9 Å². The van der Waals surface area contributed by atoms with E-state index in [1.807, 2.05) is 12.1 Å². The summed E-state index contributed by atoms with van der Waals surface area (Å²) in [5.41, 5.74) is 1.65. The van der Waals surface area contributed by atoms with Crippen molar-refractivity contribution in [3.8, 4) is 0 Å². The second-order valence-electron chi connectivity index (χ2n) is 4.96. The first kappa shape index (κ1) is 13.4. The third-order valence-electron chi connectivity index (χ3n) is 3.51. The Kier molecular flexibility index (Phi) is 3.48. The number of pyridine rings is 1. The van der Waals surface area contributed by atoms with Gasteiger partial charge in [0.2, 0.25) is 5.91 Å². The van der Waals surface area contributed by atoms with Gasteiger partial charge in [-0.25, -0.2) is 4.39 Å². The third-order valence-corrected chi connectivity index (χ3v) is 3.51. The zero-order valence-corrected chi connectivity index (χ0v) is 11.5. The SMILES string of the molecule is CC1=NC(c2ccncc2)C(c2ccc(F)cc2)C(=O)N1. The van der Waals surface area contributed by atoms with Crippen molar-refractivity contribution in [2.75, 3.05) is 0 Å². The Morgan fingerprint density at radius 3 is 2.38 bits per heavy atom. The molecular formula is C16H14FN3O. The van der Waals surface area contributed by atoms with Crippen molar-refractivity contribution in [1.29, 1.82) is 0 Å². The number of amidine groups is 1. The first-order chi connectivity index (χ1) is 10.1. The molecule has 0 spiro atoms. The zero-order chi connectivity index (χ0) is 14.8. The maximum absolute atomic E-state index is 13.1. The summed E-state index contributed by atoms with van der Waals surface area (Å²) in [6.07, 6.45) is 3.35. The van der Waals surface area contributed by atoms with Crippen LogP contribution in [0.5, 0.6) is 0 Å². The van der Waals surface area contributed by atoms with E-state index in [-0.39, 0.29) is 17.8 Å². The van der Waals surface area contributed by atoms with E-state index >= 15 is 0 Å². The molecule has 106 valence electrons. The number of aromatic nitrogens is 1. The molecule has 2 aromatic rings. The van der Waals surface area contributed by atoms with Gasteiger partial charge in [0.25, 0.3) is 0 Å². The minimum atomic E-state index is -0.475. The minimum absolute atomic E-state index is 0.129. The fraction of sp³-hybridized carbons (Fsp3) is 0.188. The molecule has 0 radical (unpaired) electrons. The first-order valence-corrected chi connectivity index (χ1v) is 6.66. The average molecular weight is 283 g/mol. The van der Waals surface area contributed by atoms with Gasteiger partial charge in [-0.15, -0.1) is 0 Å². The molecule has 1 aromatic heterocycles. The lowest BCUT2D eigenvalue weighted by Gasteiger charge is -2.28. The molecule has 21 heavy (non-hydrogen) atoms. The zero-order valence-electron chi connectivity index (χ0n) is 11.5. The number of nitrogens with zero attached hydrogens (tertiary/aromatic N) is 2. The summed E-state index contributed by atoms with van der Waals surface area (Å²) in [6.45, 7) is 1.76. The number of benzene rings is 1. The van der Waals surface area contributed by atoms with Crippen LogP contribution in [0.25, 0.3) is 0 Å². The highest BCUT2D eigenvalue weighted by Crippen LogP contribution is 2.36. The maximum Gasteiger partial charge on any atom is 0.235 e. The van der Waals surface area contributed by atoms with Crippen LogP contribution in [-0.2, 0) is 4.79 Å². The van der Waals surface area contributed by atoms with Crippen LogP contribution in [0.2, 0.25) is 0 Å². The highest BCUT2D eigenvalue weighted by atomic mass is 19.1. The maximum atomic E-state index is 13.1. The van der Waals surface area contributed by atoms with Crippen LogP contribution in [0.3, 0.4) is 0 Å². The van der Waals surface area contributed by atoms with Gasteiger partial charge in [-0.1, -0.05) is 12.1 Å². The van der Waals surface area contributed by atoms with Gasteiger partial charge in [0.05, 0.1) is 12.0 Å². The standard InChI is InChI=1S/C16H14FN3O/c1-10-19-15(12-6-8-18-9-7-12)14(16(21)20-10)11-2-4-13(17)5-3-11/h2-9,14-15H,1H3,(H,19,20,21). The van der Waals surface area contributed by atoms with Gasteiger partial charge in [0, 0.05) is 12.4 Å². The molecule has 2 heterocycles. The smallest absolute Gasteiger partial charge is 0.235 e. The van der Waals surface area contributed by atoms with Crippen LogP contribution in [0.1, 0.15) is 30.0 Å². The fourth-order valence-corrected chi connectivity index (χ4v) is 2.55. The van der Waals surface area contributed by atoms with Crippen molar-refractivity contribution in [1.82, 2.24) is 10.3 Å². The molecule has 2 atom stereocenters. The number of carbonyl (C=O) groups is 1. The van der Waals surface area contributed by atoms with Gasteiger partial charge in [-0.2, -0.15) is 0 Å². The van der Waals surface area contributed by atoms with Crippen LogP contribution in [0.4, 0.5) is 4.39 Å². The molecule has 0 fully saturated rings. The highest BCUT2D eigenvalue weighted by Gasteiger charge is 2.34. The number of aliphatic imine (C=N–C) groups is 1. The molecule has 1 aliphatic rings. The van der Waals surface area contributed by atoms with Gasteiger partial charge in [0.15, 0.2) is 0 Å². The molecule has 0 saturated heterocycles. The Morgan fingerprint density at radius 2 is 1.71 bits per heavy atom. The monoisotopic (exact) mass is 283 g/mol. The van der Waals surface area contributed by atoms with E-state index < -0.39 is 5.92 Å². The van der Waals surface area contributed by atoms with E-state index in [0.717, 1.165) is 11.1 Å². The molecule has 1 N–H and O–H groups in total. The number of hydrogen-bond acceptors (Lipinski definition) is 3. The van der Waals surface area contributed by atoms with Crippen molar-refractivity contribution in [3.63, 3.8) is 0 Å². The predicted molar refractivity (Wildman–Crippen MR) is 77.4 cm³/mol. The van der Waals surface area contributed by atoms with Gasteiger partial charge in [0.1, 0.15) is 11.7 Å². The number of hydrogen-bond donors (Lipinski definition) is 1. The molecule has 1 aromatic carbocycles. The largest absolute Gasteiger partial charge is 0.314 e. The van der Waals surface area contributed by atoms with Crippen molar-refractivity contribution in [2.24, 2.45) is 4.99 Å². The van der Waals surface area contributed by atoms with E-state index in [9.17, 15) is 9.18 Å². The molecule has 2 unspecified atom stereocenters. The summed E-state index contributed by atoms with van der Waals surface area (Å²) in [6, 6.07) is 9.34. The number of amides is 1. The second kappa shape index (κ2) is 5.44. The van der Waals surface area contributed by atoms with E-state index in [0.29, 0.717) is 5.84 Å². The number of rotatable bonds is 2. The molecule has 4 nitrogen and oxygen atoms in total. The molecule has 0 aliphatic carbocycles. The van der Waals surface area contributed by atoms with Gasteiger partial charge < -0.3 is 5.32 Å². The quantitative estimate of drug-likeness (QED) is 0.921. The summed E-state index contributed by atoms with van der Waals surface area (Å²) in [5, 5.41) is 2.74. The Hall–Kier alpha value is -2.56. The Bertz CT molecular complexity index is 682. The summed E-state index contributed by atoms with van der Waals surface area (Å²) in [5.74, 6) is -0.345. The first-order valence-electron chi connectivity index (χ1n) is 6.66. The normalized spacial score (nSPS) is 21.6. The van der Waals surface area contributed by atoms with E-state index in [2.05, 4.69) is 15.3 Å². The molecule has 3 rings (SSSR count). The van der Waals surface area contributed by atoms with Crippen LogP contribution >= 0.6 is 0 Å². The minimum Gasteiger partial charge on any atom is -0.314 e. The van der Waals surface area contributed by atoms with Crippen molar-refractivity contribution >= 4 is 11.7 Å². The van der Waals surface area contributed by atoms with Crippen LogP contribution in [0, 0.1) is 5.82 Å². The summed E-state index contributed by atoms with van der Waals surface area (Å²) < 4.78 is 13.1. The molecular weight excluding hydrogens is 269 g/mol. The summed E-state index contributed by atoms with van der Waals surface area (Å²) in [7, 11) is 0. The van der Waals surface area contributed by atoms with Crippen molar-refractivity contribution < 1.29 is 9.18 Å². The van der Waals surface area contributed by atoms with Gasteiger partial charge >= 0.3 is 0 Å². The summed E-state index contributed by atoms with van der Waals surface area (Å²) in [4.78, 5) is 20.9. The Labute approximate surface area is 121 Å². The van der Waals surface area contributed by atoms with Crippen LogP contribution < -0.4 is 5.32 Å². The predicted octanol–water partition coefficient (Wildman–Crippen LogP) is 2.59. The lowest BCUT2D eigenvalue weighted by atomic mass is 9.86. The fourth-order valence-electron chi connectivity index (χ4n) is 2.55. The van der Waals surface area contributed by atoms with Crippen molar-refractivity contribution in [3.05, 3.63) is 65.7 Å².